The lowest BCUT2D eigenvalue weighted by atomic mass is 9.89. The van der Waals surface area contributed by atoms with E-state index in [1.807, 2.05) is 0 Å². The largest absolute Gasteiger partial charge is 0.378 e. The van der Waals surface area contributed by atoms with Gasteiger partial charge in [0.05, 0.1) is 22.9 Å². The lowest BCUT2D eigenvalue weighted by molar-refractivity contribution is -0.110. The molecule has 2 amide bonds. The molecule has 0 fully saturated rings. The van der Waals surface area contributed by atoms with E-state index in [4.69, 9.17) is 5.73 Å². The Morgan fingerprint density at radius 1 is 1.02 bits per heavy atom. The molecule has 0 radical (unpaired) electrons. The average Bonchev–Trinajstić information content (AvgIpc) is 3.49. The van der Waals surface area contributed by atoms with Crippen molar-refractivity contribution in [2.24, 2.45) is 5.73 Å². The summed E-state index contributed by atoms with van der Waals surface area (Å²) in [6.07, 6.45) is -5.14. The van der Waals surface area contributed by atoms with Crippen LogP contribution < -0.4 is 11.1 Å². The van der Waals surface area contributed by atoms with Crippen LogP contribution in [0.2, 0.25) is 0 Å². The van der Waals surface area contributed by atoms with Crippen LogP contribution >= 0.6 is 0 Å². The molecule has 0 bridgehead atoms. The first-order chi connectivity index (χ1) is 24.7. The third kappa shape index (κ3) is 9.55. The Bertz CT molecular complexity index is 2050. The molecule has 8 nitrogen and oxygen atoms in total. The molecule has 0 saturated carbocycles. The number of rotatable bonds is 9. The van der Waals surface area contributed by atoms with Crippen molar-refractivity contribution in [1.29, 1.82) is 0 Å². The molecule has 2 aromatic heterocycles. The second kappa shape index (κ2) is 15.7. The van der Waals surface area contributed by atoms with Crippen molar-refractivity contribution in [1.82, 2.24) is 20.1 Å². The maximum atomic E-state index is 14.1. The first-order valence-electron chi connectivity index (χ1n) is 15.8. The number of pyridine rings is 1. The zero-order chi connectivity index (χ0) is 39.5. The summed E-state index contributed by atoms with van der Waals surface area (Å²) >= 11 is 0. The van der Waals surface area contributed by atoms with Crippen LogP contribution in [0.5, 0.6) is 0 Å². The predicted molar refractivity (Wildman–Crippen MR) is 173 cm³/mol. The number of halogens is 9. The van der Waals surface area contributed by atoms with Crippen molar-refractivity contribution in [2.75, 3.05) is 0 Å². The van der Waals surface area contributed by atoms with Gasteiger partial charge in [-0.1, -0.05) is 12.0 Å². The molecule has 2 aromatic carbocycles. The second-order valence-corrected chi connectivity index (χ2v) is 12.5. The Morgan fingerprint density at radius 3 is 2.23 bits per heavy atom. The number of nitrogens with zero attached hydrogens (tertiary/aromatic N) is 3. The number of primary amides is 1. The molecule has 1 aliphatic carbocycles. The van der Waals surface area contributed by atoms with Gasteiger partial charge in [0.1, 0.15) is 40.1 Å². The number of fused-ring (bicyclic) bond motifs is 1. The van der Waals surface area contributed by atoms with Gasteiger partial charge in [-0.3, -0.25) is 14.3 Å². The SMILES string of the molecule is CC(C)(O)C#Cc1ccc(-c2ccc(F)c(C(N)=O)c2)c(C(Cc2cc(F)cc(F)c2)NC=O)n1.CCn1nc(C(F)F)c2c1C(F)(F)CCC2(F)F. The Morgan fingerprint density at radius 2 is 1.66 bits per heavy atom. The molecular formula is C36H32F9N5O3. The Kier molecular flexibility index (Phi) is 12.0. The van der Waals surface area contributed by atoms with Crippen LogP contribution in [0.1, 0.15) is 90.3 Å². The number of nitrogens with two attached hydrogens (primary N) is 1. The number of carbonyl (C=O) groups is 2. The summed E-state index contributed by atoms with van der Waals surface area (Å²) in [5.74, 6) is -5.20. The number of aromatic nitrogens is 3. The van der Waals surface area contributed by atoms with Crippen LogP contribution in [0.25, 0.3) is 11.1 Å². The minimum atomic E-state index is -3.68. The van der Waals surface area contributed by atoms with Gasteiger partial charge in [-0.2, -0.15) is 13.9 Å². The molecule has 0 saturated heterocycles. The molecule has 4 N–H and O–H groups in total. The fraction of sp³-hybridized carbons (Fsp3) is 0.333. The number of aryl methyl sites for hydroxylation is 1. The quantitative estimate of drug-likeness (QED) is 0.0946. The van der Waals surface area contributed by atoms with Crippen molar-refractivity contribution >= 4 is 12.3 Å². The molecule has 17 heteroatoms. The summed E-state index contributed by atoms with van der Waals surface area (Å²) in [7, 11) is 0. The zero-order valence-corrected chi connectivity index (χ0v) is 28.3. The second-order valence-electron chi connectivity index (χ2n) is 12.5. The van der Waals surface area contributed by atoms with E-state index in [-0.39, 0.29) is 35.5 Å². The van der Waals surface area contributed by atoms with E-state index in [2.05, 4.69) is 27.2 Å². The molecule has 0 spiro atoms. The van der Waals surface area contributed by atoms with Crippen molar-refractivity contribution in [3.8, 4) is 23.0 Å². The molecule has 1 unspecified atom stereocenters. The van der Waals surface area contributed by atoms with Crippen LogP contribution in [0.3, 0.4) is 0 Å². The number of hydrogen-bond acceptors (Lipinski definition) is 5. The van der Waals surface area contributed by atoms with E-state index in [0.717, 1.165) is 24.3 Å². The first-order valence-corrected chi connectivity index (χ1v) is 15.8. The number of aliphatic hydroxyl groups is 1. The van der Waals surface area contributed by atoms with E-state index >= 15 is 0 Å². The van der Waals surface area contributed by atoms with Gasteiger partial charge in [0.2, 0.25) is 6.41 Å². The van der Waals surface area contributed by atoms with Gasteiger partial charge in [-0.05, 0) is 80.6 Å². The zero-order valence-electron chi connectivity index (χ0n) is 28.3. The van der Waals surface area contributed by atoms with Gasteiger partial charge in [-0.25, -0.2) is 35.7 Å². The number of carbonyl (C=O) groups excluding carboxylic acids is 2. The number of alkyl halides is 6. The van der Waals surface area contributed by atoms with Crippen LogP contribution in [0.4, 0.5) is 39.5 Å². The number of nitrogens with one attached hydrogen (secondary N) is 1. The van der Waals surface area contributed by atoms with Crippen LogP contribution in [-0.2, 0) is 29.6 Å². The van der Waals surface area contributed by atoms with Gasteiger partial charge in [0, 0.05) is 31.0 Å². The number of hydrogen-bond donors (Lipinski definition) is 3. The highest BCUT2D eigenvalue weighted by atomic mass is 19.3. The molecule has 53 heavy (non-hydrogen) atoms. The third-order valence-electron chi connectivity index (χ3n) is 7.88. The summed E-state index contributed by atoms with van der Waals surface area (Å²) in [5, 5.41) is 15.7. The monoisotopic (exact) mass is 753 g/mol. The summed E-state index contributed by atoms with van der Waals surface area (Å²) in [5.41, 5.74) is 1.53. The minimum absolute atomic E-state index is 0.0420. The van der Waals surface area contributed by atoms with Gasteiger partial charge in [-0.15, -0.1) is 0 Å². The van der Waals surface area contributed by atoms with Crippen LogP contribution in [-0.4, -0.2) is 37.8 Å². The standard InChI is InChI=1S/C26H22F3N3O3.C10H10F6N2/c1-26(2,35)8-7-19-4-5-20(16-3-6-22(29)21(12-16)25(30)34)24(32-19)23(31-14-33)11-15-9-17(27)13-18(28)10-15;1-2-18-7-5(6(17-18)8(11)12)9(13,14)3-4-10(7,15)16/h3-6,9-10,12-14,23,35H,11H2,1-2H3,(H2,30,34)(H,31,33);8H,2-4H2,1H3. The highest BCUT2D eigenvalue weighted by Gasteiger charge is 2.54. The molecule has 1 aliphatic rings. The summed E-state index contributed by atoms with van der Waals surface area (Å²) in [4.78, 5) is 27.6. The van der Waals surface area contributed by atoms with E-state index in [1.54, 1.807) is 12.1 Å². The van der Waals surface area contributed by atoms with Gasteiger partial charge >= 0.3 is 0 Å². The van der Waals surface area contributed by atoms with E-state index < -0.39 is 83.1 Å². The molecule has 0 aliphatic heterocycles. The molecule has 282 valence electrons. The van der Waals surface area contributed by atoms with Gasteiger partial charge in [0.15, 0.2) is 0 Å². The minimum Gasteiger partial charge on any atom is -0.378 e. The Labute approximate surface area is 297 Å². The predicted octanol–water partition coefficient (Wildman–Crippen LogP) is 7.24. The lowest BCUT2D eigenvalue weighted by Gasteiger charge is -2.29. The van der Waals surface area contributed by atoms with Crippen LogP contribution in [0, 0.1) is 29.3 Å². The summed E-state index contributed by atoms with van der Waals surface area (Å²) < 4.78 is 122. The smallest absolute Gasteiger partial charge is 0.290 e. The van der Waals surface area contributed by atoms with E-state index in [0.29, 0.717) is 22.2 Å². The maximum Gasteiger partial charge on any atom is 0.290 e. The maximum absolute atomic E-state index is 14.1. The van der Waals surface area contributed by atoms with Crippen molar-refractivity contribution in [3.05, 3.63) is 105 Å². The normalized spacial score (nSPS) is 15.0. The van der Waals surface area contributed by atoms with Crippen molar-refractivity contribution in [3.63, 3.8) is 0 Å². The molecule has 1 atom stereocenters. The highest BCUT2D eigenvalue weighted by molar-refractivity contribution is 5.94. The topological polar surface area (TPSA) is 123 Å². The highest BCUT2D eigenvalue weighted by Crippen LogP contribution is 2.52. The first kappa shape index (κ1) is 40.4. The Hall–Kier alpha value is -5.37. The fourth-order valence-corrected chi connectivity index (χ4v) is 5.59. The number of benzene rings is 2. The number of amides is 2. The summed E-state index contributed by atoms with van der Waals surface area (Å²) in [6.45, 7) is 4.20. The summed E-state index contributed by atoms with van der Waals surface area (Å²) in [6, 6.07) is 8.98. The molecule has 4 aromatic rings. The average molecular weight is 754 g/mol. The Balaban J connectivity index is 0.000000291. The van der Waals surface area contributed by atoms with Crippen molar-refractivity contribution < 1.29 is 54.2 Å². The van der Waals surface area contributed by atoms with Gasteiger partial charge < -0.3 is 16.2 Å². The van der Waals surface area contributed by atoms with Crippen molar-refractivity contribution in [2.45, 2.75) is 76.5 Å². The van der Waals surface area contributed by atoms with Crippen LogP contribution in [0.15, 0.2) is 48.5 Å². The fourth-order valence-electron chi connectivity index (χ4n) is 5.59. The molecule has 2 heterocycles. The van der Waals surface area contributed by atoms with E-state index in [1.165, 1.54) is 32.9 Å². The third-order valence-corrected chi connectivity index (χ3v) is 7.88. The van der Waals surface area contributed by atoms with E-state index in [9.17, 15) is 54.2 Å². The lowest BCUT2D eigenvalue weighted by Crippen LogP contribution is -2.32. The van der Waals surface area contributed by atoms with Gasteiger partial charge in [0.25, 0.3) is 24.2 Å². The molecular weight excluding hydrogens is 721 g/mol. The molecule has 5 rings (SSSR count).